The van der Waals surface area contributed by atoms with Crippen molar-refractivity contribution in [2.45, 2.75) is 6.92 Å². The summed E-state index contributed by atoms with van der Waals surface area (Å²) in [5.74, 6) is -0.628. The number of hydrogen-bond acceptors (Lipinski definition) is 5. The normalized spacial score (nSPS) is 13.9. The summed E-state index contributed by atoms with van der Waals surface area (Å²) in [5.41, 5.74) is 1.85. The number of esters is 1. The lowest BCUT2D eigenvalue weighted by molar-refractivity contribution is 0.0734. The molecule has 28 heavy (non-hydrogen) atoms. The molecule has 0 radical (unpaired) electrons. The van der Waals surface area contributed by atoms with Crippen molar-refractivity contribution in [1.29, 1.82) is 0 Å². The molecule has 1 aliphatic rings. The van der Waals surface area contributed by atoms with E-state index < -0.39 is 11.8 Å². The van der Waals surface area contributed by atoms with Crippen LogP contribution in [0, 0.1) is 12.7 Å². The van der Waals surface area contributed by atoms with Gasteiger partial charge < -0.3 is 9.47 Å². The van der Waals surface area contributed by atoms with E-state index in [9.17, 15) is 14.0 Å². The highest BCUT2D eigenvalue weighted by Crippen LogP contribution is 2.37. The number of halogens is 1. The molecule has 2 aromatic carbocycles. The van der Waals surface area contributed by atoms with Gasteiger partial charge in [-0.15, -0.1) is 0 Å². The molecule has 0 spiro atoms. The van der Waals surface area contributed by atoms with E-state index in [-0.39, 0.29) is 22.9 Å². The molecule has 1 aliphatic heterocycles. The second-order valence-electron chi connectivity index (χ2n) is 6.20. The Morgan fingerprint density at radius 3 is 2.64 bits per heavy atom. The van der Waals surface area contributed by atoms with Crippen molar-refractivity contribution in [2.75, 3.05) is 0 Å². The van der Waals surface area contributed by atoms with E-state index >= 15 is 0 Å². The molecule has 1 aromatic heterocycles. The van der Waals surface area contributed by atoms with Crippen molar-refractivity contribution < 1.29 is 23.5 Å². The van der Waals surface area contributed by atoms with Crippen LogP contribution in [0.1, 0.15) is 32.0 Å². The van der Waals surface area contributed by atoms with Crippen molar-refractivity contribution in [3.8, 4) is 11.5 Å². The number of aryl methyl sites for hydroxylation is 1. The van der Waals surface area contributed by atoms with E-state index in [1.165, 1.54) is 30.3 Å². The molecule has 5 nitrogen and oxygen atoms in total. The van der Waals surface area contributed by atoms with Gasteiger partial charge in [0.1, 0.15) is 17.3 Å². The summed E-state index contributed by atoms with van der Waals surface area (Å²) in [6, 6.07) is 13.5. The fraction of sp³-hybridized carbons (Fsp3) is 0.0455. The number of carbonyl (C=O) groups excluding carboxylic acids is 2. The molecule has 0 unspecified atom stereocenters. The molecule has 6 heteroatoms. The van der Waals surface area contributed by atoms with Gasteiger partial charge in [-0.05, 0) is 55.0 Å². The number of pyridine rings is 1. The zero-order chi connectivity index (χ0) is 19.7. The Labute approximate surface area is 160 Å². The topological polar surface area (TPSA) is 65.5 Å². The molecule has 0 bridgehead atoms. The summed E-state index contributed by atoms with van der Waals surface area (Å²) in [7, 11) is 0. The van der Waals surface area contributed by atoms with Gasteiger partial charge in [-0.3, -0.25) is 9.78 Å². The Morgan fingerprint density at radius 2 is 1.93 bits per heavy atom. The quantitative estimate of drug-likeness (QED) is 0.386. The van der Waals surface area contributed by atoms with E-state index in [0.29, 0.717) is 22.6 Å². The molecule has 0 N–H and O–H groups in total. The molecule has 0 saturated carbocycles. The number of allylic oxidation sites excluding steroid dienone is 1. The minimum Gasteiger partial charge on any atom is -0.452 e. The Kier molecular flexibility index (Phi) is 4.45. The smallest absolute Gasteiger partial charge is 0.343 e. The Balaban J connectivity index is 1.60. The fourth-order valence-electron chi connectivity index (χ4n) is 2.88. The lowest BCUT2D eigenvalue weighted by atomic mass is 10.0. The van der Waals surface area contributed by atoms with Crippen LogP contribution >= 0.6 is 0 Å². The number of Topliss-reactive ketones (excluding diaryl/α,β-unsaturated/α-hetero) is 1. The highest BCUT2D eigenvalue weighted by Gasteiger charge is 2.30. The van der Waals surface area contributed by atoms with E-state index in [1.807, 2.05) is 6.07 Å². The number of ketones is 1. The van der Waals surface area contributed by atoms with Gasteiger partial charge in [-0.25, -0.2) is 9.18 Å². The molecular weight excluding hydrogens is 361 g/mol. The number of benzene rings is 2. The standard InChI is InChI=1S/C22H14FNO4/c1-13-10-17(27-22(26)14-5-7-15(23)8-6-14)12-18-20(13)21(25)19(28-18)11-16-4-2-3-9-24-16/h2-12H,1H3/b19-11-. The maximum atomic E-state index is 13.0. The first-order valence-electron chi connectivity index (χ1n) is 8.49. The number of carbonyl (C=O) groups is 2. The molecule has 138 valence electrons. The first kappa shape index (κ1) is 17.6. The fourth-order valence-corrected chi connectivity index (χ4v) is 2.88. The van der Waals surface area contributed by atoms with Gasteiger partial charge in [0.15, 0.2) is 5.76 Å². The Hall–Kier alpha value is -3.80. The second-order valence-corrected chi connectivity index (χ2v) is 6.20. The molecule has 2 heterocycles. The molecule has 0 fully saturated rings. The molecule has 4 rings (SSSR count). The zero-order valence-corrected chi connectivity index (χ0v) is 14.8. The summed E-state index contributed by atoms with van der Waals surface area (Å²) in [6.07, 6.45) is 3.18. The van der Waals surface area contributed by atoms with Crippen LogP contribution in [-0.2, 0) is 0 Å². The monoisotopic (exact) mass is 375 g/mol. The van der Waals surface area contributed by atoms with Crippen molar-refractivity contribution >= 4 is 17.8 Å². The lowest BCUT2D eigenvalue weighted by Gasteiger charge is -2.07. The summed E-state index contributed by atoms with van der Waals surface area (Å²) < 4.78 is 24.0. The third kappa shape index (κ3) is 3.40. The Morgan fingerprint density at radius 1 is 1.14 bits per heavy atom. The molecule has 3 aromatic rings. The lowest BCUT2D eigenvalue weighted by Crippen LogP contribution is -2.08. The molecular formula is C22H14FNO4. The maximum Gasteiger partial charge on any atom is 0.343 e. The number of ether oxygens (including phenoxy) is 2. The van der Waals surface area contributed by atoms with E-state index in [1.54, 1.807) is 37.4 Å². The van der Waals surface area contributed by atoms with Crippen LogP contribution in [-0.4, -0.2) is 16.7 Å². The van der Waals surface area contributed by atoms with Crippen LogP contribution in [0.5, 0.6) is 11.5 Å². The molecule has 0 saturated heterocycles. The van der Waals surface area contributed by atoms with Crippen LogP contribution in [0.4, 0.5) is 4.39 Å². The minimum absolute atomic E-state index is 0.152. The molecule has 0 aliphatic carbocycles. The van der Waals surface area contributed by atoms with Crippen LogP contribution in [0.15, 0.2) is 66.6 Å². The average Bonchev–Trinajstić information content (AvgIpc) is 2.99. The number of aromatic nitrogens is 1. The average molecular weight is 375 g/mol. The summed E-state index contributed by atoms with van der Waals surface area (Å²) in [5, 5.41) is 0. The predicted molar refractivity (Wildman–Crippen MR) is 99.7 cm³/mol. The van der Waals surface area contributed by atoms with Gasteiger partial charge in [0.25, 0.3) is 0 Å². The van der Waals surface area contributed by atoms with Crippen LogP contribution in [0.2, 0.25) is 0 Å². The van der Waals surface area contributed by atoms with E-state index in [4.69, 9.17) is 9.47 Å². The van der Waals surface area contributed by atoms with Crippen LogP contribution in [0.3, 0.4) is 0 Å². The van der Waals surface area contributed by atoms with Gasteiger partial charge in [0, 0.05) is 18.3 Å². The zero-order valence-electron chi connectivity index (χ0n) is 14.8. The molecule has 0 amide bonds. The van der Waals surface area contributed by atoms with E-state index in [0.717, 1.165) is 0 Å². The minimum atomic E-state index is -0.632. The maximum absolute atomic E-state index is 13.0. The highest BCUT2D eigenvalue weighted by molar-refractivity contribution is 6.15. The van der Waals surface area contributed by atoms with Gasteiger partial charge >= 0.3 is 5.97 Å². The number of nitrogens with zero attached hydrogens (tertiary/aromatic N) is 1. The van der Waals surface area contributed by atoms with Gasteiger partial charge in [0.2, 0.25) is 5.78 Å². The molecule has 0 atom stereocenters. The first-order valence-corrected chi connectivity index (χ1v) is 8.49. The van der Waals surface area contributed by atoms with Gasteiger partial charge in [-0.1, -0.05) is 6.07 Å². The third-order valence-corrected chi connectivity index (χ3v) is 4.20. The number of rotatable bonds is 3. The number of hydrogen-bond donors (Lipinski definition) is 0. The summed E-state index contributed by atoms with van der Waals surface area (Å²) in [4.78, 5) is 29.0. The van der Waals surface area contributed by atoms with Crippen LogP contribution in [0.25, 0.3) is 6.08 Å². The van der Waals surface area contributed by atoms with Gasteiger partial charge in [-0.2, -0.15) is 0 Å². The van der Waals surface area contributed by atoms with Crippen LogP contribution < -0.4 is 9.47 Å². The predicted octanol–water partition coefficient (Wildman–Crippen LogP) is 4.36. The largest absolute Gasteiger partial charge is 0.452 e. The summed E-state index contributed by atoms with van der Waals surface area (Å²) >= 11 is 0. The third-order valence-electron chi connectivity index (χ3n) is 4.20. The number of fused-ring (bicyclic) bond motifs is 1. The van der Waals surface area contributed by atoms with Crippen molar-refractivity contribution in [1.82, 2.24) is 4.98 Å². The van der Waals surface area contributed by atoms with Crippen molar-refractivity contribution in [3.63, 3.8) is 0 Å². The second kappa shape index (κ2) is 7.08. The van der Waals surface area contributed by atoms with Gasteiger partial charge in [0.05, 0.1) is 16.8 Å². The van der Waals surface area contributed by atoms with E-state index in [2.05, 4.69) is 4.98 Å². The SMILES string of the molecule is Cc1cc(OC(=O)c2ccc(F)cc2)cc2c1C(=O)/C(=C/c1ccccn1)O2. The highest BCUT2D eigenvalue weighted by atomic mass is 19.1. The first-order chi connectivity index (χ1) is 13.5. The Bertz CT molecular complexity index is 1110. The van der Waals surface area contributed by atoms with Crippen molar-refractivity contribution in [3.05, 3.63) is 94.8 Å². The summed E-state index contributed by atoms with van der Waals surface area (Å²) in [6.45, 7) is 1.74. The van der Waals surface area contributed by atoms with Crippen molar-refractivity contribution in [2.24, 2.45) is 0 Å².